The fourth-order valence-electron chi connectivity index (χ4n) is 1.94. The number of phenolic OH excluding ortho intramolecular Hbond substituents is 1. The Kier molecular flexibility index (Phi) is 4.03. The van der Waals surface area contributed by atoms with Crippen LogP contribution in [0.15, 0.2) is 36.4 Å². The Hall–Kier alpha value is -2.36. The van der Waals surface area contributed by atoms with Gasteiger partial charge in [0.25, 0.3) is 0 Å². The molecule has 1 aromatic heterocycles. The minimum absolute atomic E-state index is 0.217. The Bertz CT molecular complexity index is 732. The summed E-state index contributed by atoms with van der Waals surface area (Å²) in [4.78, 5) is 1.48. The maximum Gasteiger partial charge on any atom is 0.145 e. The first-order valence-corrected chi connectivity index (χ1v) is 6.78. The molecule has 0 aliphatic carbocycles. The smallest absolute Gasteiger partial charge is 0.145 e. The van der Waals surface area contributed by atoms with E-state index in [1.54, 1.807) is 6.07 Å². The van der Waals surface area contributed by atoms with E-state index < -0.39 is 0 Å². The van der Waals surface area contributed by atoms with E-state index >= 15 is 0 Å². The Balaban J connectivity index is 0.000000704. The number of nitrogens with zero attached hydrogens (tertiary/aromatic N) is 3. The van der Waals surface area contributed by atoms with Crippen LogP contribution in [0.3, 0.4) is 0 Å². The highest BCUT2D eigenvalue weighted by atomic mass is 16.3. The molecular weight excluding hydrogens is 250 g/mol. The molecule has 0 spiro atoms. The predicted octanol–water partition coefficient (Wildman–Crippen LogP) is 3.77. The first-order chi connectivity index (χ1) is 9.65. The quantitative estimate of drug-likeness (QED) is 0.731. The van der Waals surface area contributed by atoms with Crippen molar-refractivity contribution in [3.63, 3.8) is 0 Å². The molecule has 0 saturated heterocycles. The van der Waals surface area contributed by atoms with Crippen LogP contribution in [-0.2, 0) is 0 Å². The number of rotatable bonds is 1. The van der Waals surface area contributed by atoms with Gasteiger partial charge in [-0.15, -0.1) is 15.0 Å². The second-order valence-electron chi connectivity index (χ2n) is 4.42. The van der Waals surface area contributed by atoms with E-state index in [0.717, 1.165) is 22.2 Å². The van der Waals surface area contributed by atoms with Crippen molar-refractivity contribution < 1.29 is 5.11 Å². The molecule has 20 heavy (non-hydrogen) atoms. The lowest BCUT2D eigenvalue weighted by atomic mass is 10.2. The molecule has 2 aromatic carbocycles. The zero-order valence-electron chi connectivity index (χ0n) is 12.3. The van der Waals surface area contributed by atoms with Gasteiger partial charge in [0, 0.05) is 0 Å². The van der Waals surface area contributed by atoms with Crippen LogP contribution in [0.25, 0.3) is 16.7 Å². The summed E-state index contributed by atoms with van der Waals surface area (Å²) in [6.45, 7) is 7.87. The highest BCUT2D eigenvalue weighted by Gasteiger charge is 2.09. The van der Waals surface area contributed by atoms with Gasteiger partial charge in [-0.2, -0.15) is 0 Å². The molecule has 0 saturated carbocycles. The lowest BCUT2D eigenvalue weighted by Crippen LogP contribution is -1.99. The van der Waals surface area contributed by atoms with Crippen molar-refractivity contribution in [1.82, 2.24) is 15.0 Å². The molecule has 0 amide bonds. The average molecular weight is 269 g/mol. The standard InChI is InChI=1S/C14H13N3O.C2H6/c1-9-6-7-11-12(8-9)16-17(15-11)13-5-3-4-10(2)14(13)18;1-2/h3-8,18H,1-2H3;1-2H3. The van der Waals surface area contributed by atoms with Crippen molar-refractivity contribution in [3.8, 4) is 11.4 Å². The van der Waals surface area contributed by atoms with Crippen LogP contribution in [0.1, 0.15) is 25.0 Å². The first kappa shape index (κ1) is 14.1. The lowest BCUT2D eigenvalue weighted by Gasteiger charge is -2.04. The topological polar surface area (TPSA) is 50.9 Å². The highest BCUT2D eigenvalue weighted by molar-refractivity contribution is 5.74. The van der Waals surface area contributed by atoms with Crippen molar-refractivity contribution in [2.45, 2.75) is 27.7 Å². The van der Waals surface area contributed by atoms with Crippen molar-refractivity contribution in [2.24, 2.45) is 0 Å². The van der Waals surface area contributed by atoms with E-state index in [2.05, 4.69) is 10.2 Å². The molecule has 3 rings (SSSR count). The van der Waals surface area contributed by atoms with Gasteiger partial charge >= 0.3 is 0 Å². The van der Waals surface area contributed by atoms with Gasteiger partial charge in [-0.1, -0.05) is 32.0 Å². The number of para-hydroxylation sites is 1. The van der Waals surface area contributed by atoms with E-state index in [0.29, 0.717) is 5.69 Å². The van der Waals surface area contributed by atoms with Crippen LogP contribution in [0.2, 0.25) is 0 Å². The third kappa shape index (κ3) is 2.50. The van der Waals surface area contributed by atoms with Crippen LogP contribution >= 0.6 is 0 Å². The van der Waals surface area contributed by atoms with Crippen LogP contribution in [0, 0.1) is 13.8 Å². The minimum atomic E-state index is 0.217. The molecular formula is C16H19N3O. The van der Waals surface area contributed by atoms with Crippen molar-refractivity contribution >= 4 is 11.0 Å². The monoisotopic (exact) mass is 269 g/mol. The fraction of sp³-hybridized carbons (Fsp3) is 0.250. The van der Waals surface area contributed by atoms with Gasteiger partial charge < -0.3 is 5.11 Å². The fourth-order valence-corrected chi connectivity index (χ4v) is 1.94. The molecule has 4 heteroatoms. The van der Waals surface area contributed by atoms with Gasteiger partial charge in [-0.25, -0.2) is 0 Å². The minimum Gasteiger partial charge on any atom is -0.505 e. The van der Waals surface area contributed by atoms with Crippen molar-refractivity contribution in [2.75, 3.05) is 0 Å². The van der Waals surface area contributed by atoms with E-state index in [4.69, 9.17) is 0 Å². The van der Waals surface area contributed by atoms with Gasteiger partial charge in [0.1, 0.15) is 22.5 Å². The average Bonchev–Trinajstić information content (AvgIpc) is 2.86. The molecule has 0 unspecified atom stereocenters. The summed E-state index contributed by atoms with van der Waals surface area (Å²) in [6.07, 6.45) is 0. The second-order valence-corrected chi connectivity index (χ2v) is 4.42. The number of hydrogen-bond donors (Lipinski definition) is 1. The summed E-state index contributed by atoms with van der Waals surface area (Å²) < 4.78 is 0. The molecule has 0 aliphatic heterocycles. The summed E-state index contributed by atoms with van der Waals surface area (Å²) in [5.41, 5.74) is 4.20. The number of phenols is 1. The van der Waals surface area contributed by atoms with Crippen LogP contribution in [0.4, 0.5) is 0 Å². The zero-order chi connectivity index (χ0) is 14.7. The van der Waals surface area contributed by atoms with Crippen LogP contribution < -0.4 is 0 Å². The summed E-state index contributed by atoms with van der Waals surface area (Å²) >= 11 is 0. The number of aryl methyl sites for hydroxylation is 2. The van der Waals surface area contributed by atoms with Gasteiger partial charge in [-0.3, -0.25) is 0 Å². The van der Waals surface area contributed by atoms with E-state index in [1.165, 1.54) is 4.80 Å². The van der Waals surface area contributed by atoms with E-state index in [9.17, 15) is 5.11 Å². The summed E-state index contributed by atoms with van der Waals surface area (Å²) in [6, 6.07) is 11.4. The zero-order valence-corrected chi connectivity index (χ0v) is 12.3. The Morgan fingerprint density at radius 1 is 0.950 bits per heavy atom. The normalized spacial score (nSPS) is 10.2. The lowest BCUT2D eigenvalue weighted by molar-refractivity contribution is 0.463. The molecule has 104 valence electrons. The molecule has 1 N–H and O–H groups in total. The molecule has 1 heterocycles. The largest absolute Gasteiger partial charge is 0.505 e. The number of benzene rings is 2. The first-order valence-electron chi connectivity index (χ1n) is 6.78. The predicted molar refractivity (Wildman–Crippen MR) is 81.4 cm³/mol. The number of fused-ring (bicyclic) bond motifs is 1. The van der Waals surface area contributed by atoms with E-state index in [1.807, 2.05) is 58.0 Å². The Morgan fingerprint density at radius 3 is 2.40 bits per heavy atom. The SMILES string of the molecule is CC.Cc1ccc2nn(-c3cccc(C)c3O)nc2c1. The number of hydrogen-bond acceptors (Lipinski definition) is 3. The molecule has 0 fully saturated rings. The summed E-state index contributed by atoms with van der Waals surface area (Å²) in [5, 5.41) is 18.8. The summed E-state index contributed by atoms with van der Waals surface area (Å²) in [7, 11) is 0. The molecule has 0 atom stereocenters. The third-order valence-corrected chi connectivity index (χ3v) is 2.97. The molecule has 0 bridgehead atoms. The second kappa shape index (κ2) is 5.74. The molecule has 4 nitrogen and oxygen atoms in total. The molecule has 0 aliphatic rings. The highest BCUT2D eigenvalue weighted by Crippen LogP contribution is 2.25. The third-order valence-electron chi connectivity index (χ3n) is 2.97. The summed E-state index contributed by atoms with van der Waals surface area (Å²) in [5.74, 6) is 0.217. The van der Waals surface area contributed by atoms with Crippen molar-refractivity contribution in [1.29, 1.82) is 0 Å². The molecule has 3 aromatic rings. The van der Waals surface area contributed by atoms with Gasteiger partial charge in [-0.05, 0) is 43.2 Å². The van der Waals surface area contributed by atoms with Gasteiger partial charge in [0.05, 0.1) is 0 Å². The maximum atomic E-state index is 10.0. The maximum absolute atomic E-state index is 10.0. The van der Waals surface area contributed by atoms with Gasteiger partial charge in [0.15, 0.2) is 0 Å². The van der Waals surface area contributed by atoms with Crippen molar-refractivity contribution in [3.05, 3.63) is 47.5 Å². The van der Waals surface area contributed by atoms with Gasteiger partial charge in [0.2, 0.25) is 0 Å². The van der Waals surface area contributed by atoms with Crippen LogP contribution in [-0.4, -0.2) is 20.1 Å². The van der Waals surface area contributed by atoms with E-state index in [-0.39, 0.29) is 5.75 Å². The molecule has 0 radical (unpaired) electrons. The Labute approximate surface area is 118 Å². The Morgan fingerprint density at radius 2 is 1.65 bits per heavy atom. The van der Waals surface area contributed by atoms with Crippen LogP contribution in [0.5, 0.6) is 5.75 Å². The number of aromatic hydroxyl groups is 1. The number of aromatic nitrogens is 3.